The molecule has 192 valence electrons. The molecule has 0 radical (unpaired) electrons. The Hall–Kier alpha value is -3.23. The molecular weight excluding hydrogens is 454 g/mol. The minimum atomic E-state index is -0.193. The summed E-state index contributed by atoms with van der Waals surface area (Å²) in [7, 11) is 0. The molecule has 1 aliphatic heterocycles. The van der Waals surface area contributed by atoms with Gasteiger partial charge >= 0.3 is 0 Å². The van der Waals surface area contributed by atoms with E-state index in [4.69, 9.17) is 10.1 Å². The average molecular weight is 492 g/mol. The molecule has 9 heteroatoms. The number of carbonyl (C=O) groups is 2. The highest BCUT2D eigenvalue weighted by molar-refractivity contribution is 5.92. The van der Waals surface area contributed by atoms with E-state index in [-0.39, 0.29) is 29.8 Å². The van der Waals surface area contributed by atoms with Gasteiger partial charge in [-0.15, -0.1) is 0 Å². The molecule has 3 aromatic rings. The van der Waals surface area contributed by atoms with Crippen molar-refractivity contribution in [1.82, 2.24) is 35.0 Å². The van der Waals surface area contributed by atoms with Crippen LogP contribution in [-0.4, -0.2) is 42.2 Å². The second kappa shape index (κ2) is 10.4. The van der Waals surface area contributed by atoms with E-state index in [2.05, 4.69) is 29.6 Å². The molecule has 1 saturated carbocycles. The van der Waals surface area contributed by atoms with Crippen LogP contribution < -0.4 is 10.6 Å². The molecule has 0 spiro atoms. The van der Waals surface area contributed by atoms with E-state index in [1.807, 2.05) is 25.3 Å². The van der Waals surface area contributed by atoms with Crippen molar-refractivity contribution in [1.29, 1.82) is 0 Å². The number of nitrogens with one attached hydrogen (secondary N) is 2. The van der Waals surface area contributed by atoms with E-state index in [9.17, 15) is 9.59 Å². The summed E-state index contributed by atoms with van der Waals surface area (Å²) in [5, 5.41) is 15.4. The molecule has 2 fully saturated rings. The first-order chi connectivity index (χ1) is 17.4. The van der Waals surface area contributed by atoms with Crippen LogP contribution in [0.4, 0.5) is 0 Å². The fourth-order valence-electron chi connectivity index (χ4n) is 5.77. The van der Waals surface area contributed by atoms with Crippen LogP contribution in [0.5, 0.6) is 0 Å². The van der Waals surface area contributed by atoms with Crippen molar-refractivity contribution >= 4 is 17.5 Å². The van der Waals surface area contributed by atoms with Crippen LogP contribution >= 0.6 is 0 Å². The van der Waals surface area contributed by atoms with Crippen molar-refractivity contribution in [2.75, 3.05) is 0 Å². The van der Waals surface area contributed by atoms with Gasteiger partial charge in [-0.1, -0.05) is 26.7 Å². The normalized spacial score (nSPS) is 25.1. The smallest absolute Gasteiger partial charge is 0.270 e. The number of fused-ring (bicyclic) bond motifs is 1. The third-order valence-electron chi connectivity index (χ3n) is 8.01. The maximum absolute atomic E-state index is 13.3. The Labute approximate surface area is 212 Å². The van der Waals surface area contributed by atoms with Crippen LogP contribution in [0.3, 0.4) is 0 Å². The van der Waals surface area contributed by atoms with Gasteiger partial charge in [0.2, 0.25) is 5.91 Å². The number of rotatable bonds is 8. The van der Waals surface area contributed by atoms with Crippen LogP contribution in [0.15, 0.2) is 30.6 Å². The molecule has 2 amide bonds. The van der Waals surface area contributed by atoms with Crippen LogP contribution in [0.25, 0.3) is 5.65 Å². The van der Waals surface area contributed by atoms with Gasteiger partial charge in [0, 0.05) is 31.1 Å². The molecule has 1 saturated heterocycles. The van der Waals surface area contributed by atoms with Gasteiger partial charge < -0.3 is 10.6 Å². The lowest BCUT2D eigenvalue weighted by Crippen LogP contribution is -2.36. The predicted octanol–water partition coefficient (Wildman–Crippen LogP) is 3.70. The molecule has 5 rings (SSSR count). The van der Waals surface area contributed by atoms with Crippen molar-refractivity contribution in [3.8, 4) is 0 Å². The molecule has 36 heavy (non-hydrogen) atoms. The lowest BCUT2D eigenvalue weighted by atomic mass is 9.78. The Morgan fingerprint density at radius 3 is 2.72 bits per heavy atom. The molecule has 2 N–H and O–H groups in total. The Balaban J connectivity index is 1.39. The van der Waals surface area contributed by atoms with Gasteiger partial charge in [-0.3, -0.25) is 14.3 Å². The first-order valence-corrected chi connectivity index (χ1v) is 13.4. The number of hydrogen-bond acceptors (Lipinski definition) is 5. The van der Waals surface area contributed by atoms with E-state index in [1.165, 1.54) is 0 Å². The number of amides is 2. The summed E-state index contributed by atoms with van der Waals surface area (Å²) in [4.78, 5) is 30.5. The zero-order chi connectivity index (χ0) is 25.2. The first kappa shape index (κ1) is 24.5. The molecule has 3 aromatic heterocycles. The van der Waals surface area contributed by atoms with Crippen molar-refractivity contribution in [2.45, 2.75) is 84.3 Å². The maximum atomic E-state index is 13.3. The van der Waals surface area contributed by atoms with Crippen molar-refractivity contribution < 1.29 is 9.59 Å². The van der Waals surface area contributed by atoms with Gasteiger partial charge in [0.05, 0.1) is 23.6 Å². The zero-order valence-electron chi connectivity index (χ0n) is 21.5. The van der Waals surface area contributed by atoms with Crippen LogP contribution in [0, 0.1) is 17.8 Å². The number of aromatic nitrogens is 5. The Morgan fingerprint density at radius 1 is 1.19 bits per heavy atom. The fraction of sp³-hybridized carbons (Fsp3) is 0.593. The summed E-state index contributed by atoms with van der Waals surface area (Å²) in [5.41, 5.74) is 3.02. The molecule has 0 aromatic carbocycles. The van der Waals surface area contributed by atoms with Crippen molar-refractivity contribution in [3.05, 3.63) is 47.7 Å². The topological polar surface area (TPSA) is 106 Å². The highest BCUT2D eigenvalue weighted by Crippen LogP contribution is 2.37. The van der Waals surface area contributed by atoms with Crippen LogP contribution in [-0.2, 0) is 17.8 Å². The number of aryl methyl sites for hydroxylation is 1. The number of hydrogen-bond donors (Lipinski definition) is 2. The highest BCUT2D eigenvalue weighted by Gasteiger charge is 2.33. The second-order valence-corrected chi connectivity index (χ2v) is 10.5. The number of carbonyl (C=O) groups excluding carboxylic acids is 2. The summed E-state index contributed by atoms with van der Waals surface area (Å²) in [5.74, 6) is 0.991. The largest absolute Gasteiger partial charge is 0.353 e. The molecule has 9 nitrogen and oxygen atoms in total. The Bertz CT molecular complexity index is 1220. The van der Waals surface area contributed by atoms with E-state index in [1.54, 1.807) is 21.5 Å². The summed E-state index contributed by atoms with van der Waals surface area (Å²) in [6.45, 7) is 7.02. The molecule has 1 aliphatic carbocycles. The minimum absolute atomic E-state index is 0.0393. The number of imidazole rings is 1. The second-order valence-electron chi connectivity index (χ2n) is 10.5. The van der Waals surface area contributed by atoms with Gasteiger partial charge in [0.15, 0.2) is 5.65 Å². The van der Waals surface area contributed by atoms with E-state index >= 15 is 0 Å². The maximum Gasteiger partial charge on any atom is 0.270 e. The summed E-state index contributed by atoms with van der Waals surface area (Å²) >= 11 is 0. The highest BCUT2D eigenvalue weighted by atomic mass is 16.2. The average Bonchev–Trinajstić information content (AvgIpc) is 3.61. The van der Waals surface area contributed by atoms with Crippen LogP contribution in [0.2, 0.25) is 0 Å². The molecule has 0 bridgehead atoms. The summed E-state index contributed by atoms with van der Waals surface area (Å²) < 4.78 is 3.52. The van der Waals surface area contributed by atoms with E-state index < -0.39 is 0 Å². The summed E-state index contributed by atoms with van der Waals surface area (Å²) in [6.07, 6.45) is 10.5. The lowest BCUT2D eigenvalue weighted by Gasteiger charge is -2.32. The lowest BCUT2D eigenvalue weighted by molar-refractivity contribution is -0.122. The van der Waals surface area contributed by atoms with Crippen molar-refractivity contribution in [2.24, 2.45) is 17.8 Å². The van der Waals surface area contributed by atoms with Gasteiger partial charge in [0.25, 0.3) is 5.91 Å². The number of nitrogens with zero attached hydrogens (tertiary/aromatic N) is 5. The minimum Gasteiger partial charge on any atom is -0.353 e. The van der Waals surface area contributed by atoms with Crippen LogP contribution in [0.1, 0.15) is 87.2 Å². The standard InChI is InChI=1S/C27H37N7O2/c1-4-20-14-19(26(35)29-20)15-21-10-11-24-30-22(16-34(24)32-21)25(18-8-6-17(3)7-9-18)31-27(36)23-12-13-28-33(23)5-2/h10-13,16-20,25H,4-9,14-15H2,1-3H3,(H,29,35)(H,31,36)/t17-,18-,19?,20-,25+/m1/s1. The van der Waals surface area contributed by atoms with Gasteiger partial charge in [-0.2, -0.15) is 10.2 Å². The molecule has 3 atom stereocenters. The third kappa shape index (κ3) is 5.01. The monoisotopic (exact) mass is 491 g/mol. The third-order valence-corrected chi connectivity index (χ3v) is 8.01. The molecule has 4 heterocycles. The quantitative estimate of drug-likeness (QED) is 0.500. The fourth-order valence-corrected chi connectivity index (χ4v) is 5.77. The molecule has 1 unspecified atom stereocenters. The van der Waals surface area contributed by atoms with E-state index in [0.717, 1.165) is 55.6 Å². The summed E-state index contributed by atoms with van der Waals surface area (Å²) in [6, 6.07) is 5.76. The first-order valence-electron chi connectivity index (χ1n) is 13.4. The molecule has 2 aliphatic rings. The van der Waals surface area contributed by atoms with Gasteiger partial charge in [-0.05, 0) is 62.6 Å². The van der Waals surface area contributed by atoms with E-state index in [0.29, 0.717) is 30.5 Å². The molecular formula is C27H37N7O2. The predicted molar refractivity (Wildman–Crippen MR) is 136 cm³/mol. The van der Waals surface area contributed by atoms with Gasteiger partial charge in [-0.25, -0.2) is 9.50 Å². The SMILES string of the molecule is CC[C@@H]1CC(Cc2ccc3nc([C@@H](NC(=O)c4ccnn4CC)[C@H]4CC[C@H](C)CC4)cn3n2)C(=O)N1. The van der Waals surface area contributed by atoms with Gasteiger partial charge in [0.1, 0.15) is 5.69 Å². The van der Waals surface area contributed by atoms with Crippen molar-refractivity contribution in [3.63, 3.8) is 0 Å². The zero-order valence-corrected chi connectivity index (χ0v) is 21.5. The Kier molecular flexibility index (Phi) is 7.07. The Morgan fingerprint density at radius 2 is 2.00 bits per heavy atom.